The minimum absolute atomic E-state index is 0.456. The number of halogens is 2. The summed E-state index contributed by atoms with van der Waals surface area (Å²) in [7, 11) is 0. The van der Waals surface area contributed by atoms with E-state index < -0.39 is 0 Å². The summed E-state index contributed by atoms with van der Waals surface area (Å²) in [6.07, 6.45) is 0. The van der Waals surface area contributed by atoms with Crippen LogP contribution in [0.5, 0.6) is 0 Å². The second kappa shape index (κ2) is 3.90. The van der Waals surface area contributed by atoms with Gasteiger partial charge in [-0.15, -0.1) is 22.9 Å². The van der Waals surface area contributed by atoms with Gasteiger partial charge in [0.1, 0.15) is 6.07 Å². The molecule has 70 valence electrons. The molecular formula is C10H5BrClNS. The minimum atomic E-state index is 0.456. The molecule has 0 saturated heterocycles. The van der Waals surface area contributed by atoms with Gasteiger partial charge >= 0.3 is 0 Å². The highest BCUT2D eigenvalue weighted by atomic mass is 79.9. The number of rotatable bonds is 1. The van der Waals surface area contributed by atoms with Crippen LogP contribution in [-0.2, 0) is 5.88 Å². The summed E-state index contributed by atoms with van der Waals surface area (Å²) in [5.74, 6) is 0.456. The van der Waals surface area contributed by atoms with E-state index in [1.165, 1.54) is 0 Å². The lowest BCUT2D eigenvalue weighted by Gasteiger charge is -2.01. The summed E-state index contributed by atoms with van der Waals surface area (Å²) >= 11 is 10.8. The molecule has 4 heteroatoms. The summed E-state index contributed by atoms with van der Waals surface area (Å²) in [6, 6.07) is 6.17. The maximum Gasteiger partial charge on any atom is 0.101 e. The van der Waals surface area contributed by atoms with E-state index in [9.17, 15) is 0 Å². The van der Waals surface area contributed by atoms with Gasteiger partial charge in [-0.25, -0.2) is 0 Å². The standard InChI is InChI=1S/C10H5BrClNS/c11-10-6(3-12)1-2-8-9(10)7(4-13)5-14-8/h1-2,5H,3H2. The van der Waals surface area contributed by atoms with E-state index in [1.807, 2.05) is 17.5 Å². The monoisotopic (exact) mass is 285 g/mol. The molecular weight excluding hydrogens is 282 g/mol. The van der Waals surface area contributed by atoms with Crippen LogP contribution in [0.2, 0.25) is 0 Å². The van der Waals surface area contributed by atoms with E-state index in [0.29, 0.717) is 11.4 Å². The van der Waals surface area contributed by atoms with Crippen LogP contribution < -0.4 is 0 Å². The van der Waals surface area contributed by atoms with Crippen LogP contribution in [-0.4, -0.2) is 0 Å². The highest BCUT2D eigenvalue weighted by Gasteiger charge is 2.10. The second-order valence-corrected chi connectivity index (χ2v) is 4.78. The highest BCUT2D eigenvalue weighted by molar-refractivity contribution is 9.10. The number of hydrogen-bond acceptors (Lipinski definition) is 2. The maximum absolute atomic E-state index is 8.92. The first kappa shape index (κ1) is 9.97. The molecule has 0 aliphatic rings. The summed E-state index contributed by atoms with van der Waals surface area (Å²) in [5, 5.41) is 11.8. The van der Waals surface area contributed by atoms with Gasteiger partial charge in [0.05, 0.1) is 5.56 Å². The lowest BCUT2D eigenvalue weighted by molar-refractivity contribution is 1.40. The number of hydrogen-bond donors (Lipinski definition) is 0. The quantitative estimate of drug-likeness (QED) is 0.718. The maximum atomic E-state index is 8.92. The van der Waals surface area contributed by atoms with Crippen LogP contribution in [0.4, 0.5) is 0 Å². The van der Waals surface area contributed by atoms with Crippen molar-refractivity contribution in [3.63, 3.8) is 0 Å². The fraction of sp³-hybridized carbons (Fsp3) is 0.100. The Morgan fingerprint density at radius 3 is 2.93 bits per heavy atom. The van der Waals surface area contributed by atoms with Gasteiger partial charge in [0.15, 0.2) is 0 Å². The molecule has 2 rings (SSSR count). The van der Waals surface area contributed by atoms with Gasteiger partial charge < -0.3 is 0 Å². The molecule has 1 aromatic carbocycles. The largest absolute Gasteiger partial charge is 0.192 e. The summed E-state index contributed by atoms with van der Waals surface area (Å²) in [6.45, 7) is 0. The van der Waals surface area contributed by atoms with Crippen molar-refractivity contribution in [1.82, 2.24) is 0 Å². The average molecular weight is 287 g/mol. The zero-order valence-electron chi connectivity index (χ0n) is 7.05. The molecule has 1 aromatic heterocycles. The second-order valence-electron chi connectivity index (χ2n) is 2.81. The molecule has 0 saturated carbocycles. The van der Waals surface area contributed by atoms with E-state index in [4.69, 9.17) is 16.9 Å². The fourth-order valence-electron chi connectivity index (χ4n) is 1.32. The normalized spacial score (nSPS) is 10.4. The zero-order valence-corrected chi connectivity index (χ0v) is 10.2. The van der Waals surface area contributed by atoms with Gasteiger partial charge in [0.2, 0.25) is 0 Å². The Hall–Kier alpha value is -0.560. The predicted octanol–water partition coefficient (Wildman–Crippen LogP) is 4.27. The smallest absolute Gasteiger partial charge is 0.101 e. The molecule has 0 N–H and O–H groups in total. The molecule has 0 fully saturated rings. The minimum Gasteiger partial charge on any atom is -0.192 e. The number of nitriles is 1. The van der Waals surface area contributed by atoms with Crippen LogP contribution in [0.15, 0.2) is 22.0 Å². The van der Waals surface area contributed by atoms with Crippen molar-refractivity contribution in [1.29, 1.82) is 5.26 Å². The number of thiophene rings is 1. The van der Waals surface area contributed by atoms with Crippen LogP contribution >= 0.6 is 38.9 Å². The zero-order chi connectivity index (χ0) is 10.1. The third kappa shape index (κ3) is 1.44. The van der Waals surface area contributed by atoms with E-state index in [-0.39, 0.29) is 0 Å². The third-order valence-electron chi connectivity index (χ3n) is 2.02. The van der Waals surface area contributed by atoms with E-state index in [2.05, 4.69) is 22.0 Å². The van der Waals surface area contributed by atoms with Crippen molar-refractivity contribution in [3.8, 4) is 6.07 Å². The molecule has 0 aliphatic heterocycles. The van der Waals surface area contributed by atoms with Gasteiger partial charge in [-0.05, 0) is 27.6 Å². The number of benzene rings is 1. The number of fused-ring (bicyclic) bond motifs is 1. The molecule has 0 bridgehead atoms. The van der Waals surface area contributed by atoms with Gasteiger partial charge in [0.25, 0.3) is 0 Å². The van der Waals surface area contributed by atoms with Gasteiger partial charge in [0, 0.05) is 25.8 Å². The van der Waals surface area contributed by atoms with Crippen molar-refractivity contribution in [3.05, 3.63) is 33.1 Å². The van der Waals surface area contributed by atoms with Crippen LogP contribution in [0, 0.1) is 11.3 Å². The SMILES string of the molecule is N#Cc1csc2ccc(CCl)c(Br)c12. The summed E-state index contributed by atoms with van der Waals surface area (Å²) in [5.41, 5.74) is 1.73. The topological polar surface area (TPSA) is 23.8 Å². The van der Waals surface area contributed by atoms with Crippen LogP contribution in [0.1, 0.15) is 11.1 Å². The number of nitrogens with zero attached hydrogens (tertiary/aromatic N) is 1. The molecule has 14 heavy (non-hydrogen) atoms. The van der Waals surface area contributed by atoms with Crippen LogP contribution in [0.25, 0.3) is 10.1 Å². The molecule has 1 nitrogen and oxygen atoms in total. The lowest BCUT2D eigenvalue weighted by atomic mass is 10.1. The van der Waals surface area contributed by atoms with E-state index in [0.717, 1.165) is 20.1 Å². The molecule has 1 heterocycles. The van der Waals surface area contributed by atoms with Crippen molar-refractivity contribution < 1.29 is 0 Å². The van der Waals surface area contributed by atoms with Crippen molar-refractivity contribution in [2.45, 2.75) is 5.88 Å². The van der Waals surface area contributed by atoms with Gasteiger partial charge in [-0.3, -0.25) is 0 Å². The van der Waals surface area contributed by atoms with Gasteiger partial charge in [-0.2, -0.15) is 5.26 Å². The summed E-state index contributed by atoms with van der Waals surface area (Å²) < 4.78 is 2.06. The summed E-state index contributed by atoms with van der Waals surface area (Å²) in [4.78, 5) is 0. The number of alkyl halides is 1. The Balaban J connectivity index is 2.85. The molecule has 2 aromatic rings. The first-order valence-corrected chi connectivity index (χ1v) is 6.13. The lowest BCUT2D eigenvalue weighted by Crippen LogP contribution is -1.81. The van der Waals surface area contributed by atoms with Gasteiger partial charge in [-0.1, -0.05) is 6.07 Å². The third-order valence-corrected chi connectivity index (χ3v) is 4.16. The first-order valence-electron chi connectivity index (χ1n) is 3.92. The Morgan fingerprint density at radius 2 is 2.29 bits per heavy atom. The highest BCUT2D eigenvalue weighted by Crippen LogP contribution is 2.34. The Labute approximate surface area is 99.0 Å². The van der Waals surface area contributed by atoms with E-state index in [1.54, 1.807) is 11.3 Å². The van der Waals surface area contributed by atoms with Crippen molar-refractivity contribution in [2.75, 3.05) is 0 Å². The Bertz CT molecular complexity index is 527. The average Bonchev–Trinajstić information content (AvgIpc) is 2.62. The van der Waals surface area contributed by atoms with Crippen molar-refractivity contribution in [2.24, 2.45) is 0 Å². The van der Waals surface area contributed by atoms with Crippen LogP contribution in [0.3, 0.4) is 0 Å². The molecule has 0 unspecified atom stereocenters. The Kier molecular flexibility index (Phi) is 2.78. The van der Waals surface area contributed by atoms with Crippen molar-refractivity contribution >= 4 is 49.0 Å². The Morgan fingerprint density at radius 1 is 1.50 bits per heavy atom. The molecule has 0 radical (unpaired) electrons. The molecule has 0 aliphatic carbocycles. The first-order chi connectivity index (χ1) is 6.77. The molecule has 0 spiro atoms. The molecule has 0 atom stereocenters. The predicted molar refractivity (Wildman–Crippen MR) is 63.8 cm³/mol. The molecule has 0 amide bonds. The van der Waals surface area contributed by atoms with E-state index >= 15 is 0 Å². The fourth-order valence-corrected chi connectivity index (χ4v) is 3.42.